The molecule has 0 unspecified atom stereocenters. The molecule has 1 rings (SSSR count). The second kappa shape index (κ2) is 5.69. The number of halogens is 1. The van der Waals surface area contributed by atoms with E-state index in [2.05, 4.69) is 14.2 Å². The van der Waals surface area contributed by atoms with Crippen molar-refractivity contribution in [1.82, 2.24) is 8.85 Å². The molecule has 2 amide bonds. The summed E-state index contributed by atoms with van der Waals surface area (Å²) >= 11 is 1.74. The van der Waals surface area contributed by atoms with E-state index in [1.54, 1.807) is 48.1 Å². The van der Waals surface area contributed by atoms with Crippen LogP contribution >= 0.6 is 22.9 Å². The molecule has 0 aliphatic rings. The lowest BCUT2D eigenvalue weighted by Gasteiger charge is -2.09. The van der Waals surface area contributed by atoms with Gasteiger partial charge in [-0.1, -0.05) is 0 Å². The Morgan fingerprint density at radius 1 is 1.12 bits per heavy atom. The fourth-order valence-electron chi connectivity index (χ4n) is 1.27. The third-order valence-electron chi connectivity index (χ3n) is 2.11. The number of rotatable bonds is 3. The second-order valence-corrected chi connectivity index (χ2v) is 3.55. The molecule has 0 spiro atoms. The molecule has 1 aromatic rings. The van der Waals surface area contributed by atoms with Gasteiger partial charge in [0, 0.05) is 19.8 Å². The molecule has 5 nitrogen and oxygen atoms in total. The maximum atomic E-state index is 11.6. The Morgan fingerprint density at radius 3 is 2.31 bits per heavy atom. The number of hydrogen-bond acceptors (Lipinski definition) is 3. The normalized spacial score (nSPS) is 9.44. The Bertz CT molecular complexity index is 421. The van der Waals surface area contributed by atoms with Gasteiger partial charge in [0.25, 0.3) is 11.8 Å². The minimum Gasteiger partial charge on any atom is -0.388 e. The SMILES string of the molecule is CNC(=O)c1ccc(NC)cc1C(=O)NI. The molecule has 6 heteroatoms. The lowest BCUT2D eigenvalue weighted by molar-refractivity contribution is 0.0940. The van der Waals surface area contributed by atoms with Crippen LogP contribution in [0.4, 0.5) is 5.69 Å². The zero-order valence-corrected chi connectivity index (χ0v) is 11.1. The molecular weight excluding hydrogens is 321 g/mol. The van der Waals surface area contributed by atoms with Crippen LogP contribution in [0.2, 0.25) is 0 Å². The van der Waals surface area contributed by atoms with E-state index in [0.717, 1.165) is 5.69 Å². The summed E-state index contributed by atoms with van der Waals surface area (Å²) in [5.74, 6) is -0.575. The van der Waals surface area contributed by atoms with Crippen LogP contribution in [0.15, 0.2) is 18.2 Å². The molecule has 3 N–H and O–H groups in total. The van der Waals surface area contributed by atoms with Crippen molar-refractivity contribution in [3.8, 4) is 0 Å². The van der Waals surface area contributed by atoms with Crippen LogP contribution in [-0.2, 0) is 0 Å². The van der Waals surface area contributed by atoms with Gasteiger partial charge in [-0.15, -0.1) is 0 Å². The molecule has 0 aliphatic heterocycles. The first-order valence-electron chi connectivity index (χ1n) is 4.59. The maximum absolute atomic E-state index is 11.6. The topological polar surface area (TPSA) is 70.2 Å². The molecule has 0 atom stereocenters. The summed E-state index contributed by atoms with van der Waals surface area (Å²) in [6, 6.07) is 5.00. The molecule has 0 fully saturated rings. The number of amides is 2. The second-order valence-electron chi connectivity index (χ2n) is 3.01. The van der Waals surface area contributed by atoms with Crippen molar-refractivity contribution in [2.24, 2.45) is 0 Å². The van der Waals surface area contributed by atoms with Crippen LogP contribution in [-0.4, -0.2) is 25.9 Å². The van der Waals surface area contributed by atoms with Crippen molar-refractivity contribution in [2.75, 3.05) is 19.4 Å². The summed E-state index contributed by atoms with van der Waals surface area (Å²) in [4.78, 5) is 23.1. The van der Waals surface area contributed by atoms with Crippen LogP contribution in [0.1, 0.15) is 20.7 Å². The van der Waals surface area contributed by atoms with E-state index in [1.165, 1.54) is 7.05 Å². The molecule has 0 aromatic heterocycles. The van der Waals surface area contributed by atoms with E-state index in [1.807, 2.05) is 0 Å². The summed E-state index contributed by atoms with van der Waals surface area (Å²) in [5, 5.41) is 5.41. The number of carbonyl (C=O) groups is 2. The summed E-state index contributed by atoms with van der Waals surface area (Å²) in [6.45, 7) is 0. The molecular formula is C10H12IN3O2. The van der Waals surface area contributed by atoms with Gasteiger partial charge in [0.15, 0.2) is 0 Å². The molecule has 1 aromatic carbocycles. The Morgan fingerprint density at radius 2 is 1.81 bits per heavy atom. The number of anilines is 1. The smallest absolute Gasteiger partial charge is 0.260 e. The summed E-state index contributed by atoms with van der Waals surface area (Å²) in [6.07, 6.45) is 0. The van der Waals surface area contributed by atoms with Crippen LogP contribution in [0.5, 0.6) is 0 Å². The third kappa shape index (κ3) is 2.63. The van der Waals surface area contributed by atoms with Crippen LogP contribution in [0.25, 0.3) is 0 Å². The van der Waals surface area contributed by atoms with E-state index in [-0.39, 0.29) is 11.8 Å². The van der Waals surface area contributed by atoms with Crippen molar-refractivity contribution in [3.63, 3.8) is 0 Å². The predicted octanol–water partition coefficient (Wildman–Crippen LogP) is 1.17. The van der Waals surface area contributed by atoms with Gasteiger partial charge in [-0.05, 0) is 18.2 Å². The van der Waals surface area contributed by atoms with Gasteiger partial charge in [0.1, 0.15) is 0 Å². The zero-order chi connectivity index (χ0) is 12.1. The van der Waals surface area contributed by atoms with Crippen molar-refractivity contribution < 1.29 is 9.59 Å². The third-order valence-corrected chi connectivity index (χ3v) is 2.60. The van der Waals surface area contributed by atoms with Gasteiger partial charge in [0.2, 0.25) is 0 Å². The molecule has 0 bridgehead atoms. The standard InChI is InChI=1S/C10H12IN3O2/c1-12-6-3-4-7(9(15)13-2)8(5-6)10(16)14-11/h3-5,12H,1-2H3,(H,13,15)(H,14,16). The Labute approximate surface area is 107 Å². The highest BCUT2D eigenvalue weighted by Crippen LogP contribution is 2.16. The minimum atomic E-state index is -0.295. The average molecular weight is 333 g/mol. The monoisotopic (exact) mass is 333 g/mol. The first-order valence-corrected chi connectivity index (χ1v) is 5.66. The Kier molecular flexibility index (Phi) is 4.53. The van der Waals surface area contributed by atoms with E-state index in [4.69, 9.17) is 0 Å². The van der Waals surface area contributed by atoms with Crippen LogP contribution in [0.3, 0.4) is 0 Å². The fourth-order valence-corrected chi connectivity index (χ4v) is 1.56. The van der Waals surface area contributed by atoms with Crippen LogP contribution < -0.4 is 14.2 Å². The Balaban J connectivity index is 3.26. The van der Waals surface area contributed by atoms with E-state index in [0.29, 0.717) is 11.1 Å². The fraction of sp³-hybridized carbons (Fsp3) is 0.200. The van der Waals surface area contributed by atoms with Gasteiger partial charge >= 0.3 is 0 Å². The molecule has 0 heterocycles. The maximum Gasteiger partial charge on any atom is 0.260 e. The zero-order valence-electron chi connectivity index (χ0n) is 8.93. The van der Waals surface area contributed by atoms with Gasteiger partial charge in [-0.2, -0.15) is 0 Å². The molecule has 86 valence electrons. The van der Waals surface area contributed by atoms with Crippen molar-refractivity contribution >= 4 is 40.4 Å². The Hall–Kier alpha value is -1.31. The summed E-state index contributed by atoms with van der Waals surface area (Å²) in [7, 11) is 3.28. The highest BCUT2D eigenvalue weighted by Gasteiger charge is 2.15. The van der Waals surface area contributed by atoms with Crippen molar-refractivity contribution in [2.45, 2.75) is 0 Å². The van der Waals surface area contributed by atoms with Gasteiger partial charge < -0.3 is 10.6 Å². The van der Waals surface area contributed by atoms with Crippen LogP contribution in [0, 0.1) is 0 Å². The molecule has 0 saturated carbocycles. The largest absolute Gasteiger partial charge is 0.388 e. The lowest BCUT2D eigenvalue weighted by atomic mass is 10.1. The van der Waals surface area contributed by atoms with Gasteiger partial charge in [-0.3, -0.25) is 13.1 Å². The quantitative estimate of drug-likeness (QED) is 0.574. The van der Waals surface area contributed by atoms with E-state index < -0.39 is 0 Å². The number of nitrogens with one attached hydrogen (secondary N) is 3. The van der Waals surface area contributed by atoms with Crippen molar-refractivity contribution in [3.05, 3.63) is 29.3 Å². The number of hydrogen-bond donors (Lipinski definition) is 3. The molecule has 0 aliphatic carbocycles. The molecule has 0 radical (unpaired) electrons. The average Bonchev–Trinajstić information content (AvgIpc) is 2.36. The number of carbonyl (C=O) groups excluding carboxylic acids is 2. The highest BCUT2D eigenvalue weighted by atomic mass is 127. The lowest BCUT2D eigenvalue weighted by Crippen LogP contribution is -2.23. The van der Waals surface area contributed by atoms with Gasteiger partial charge in [-0.25, -0.2) is 0 Å². The predicted molar refractivity (Wildman–Crippen MR) is 70.9 cm³/mol. The molecule has 16 heavy (non-hydrogen) atoms. The van der Waals surface area contributed by atoms with E-state index >= 15 is 0 Å². The summed E-state index contributed by atoms with van der Waals surface area (Å²) < 4.78 is 2.48. The van der Waals surface area contributed by atoms with E-state index in [9.17, 15) is 9.59 Å². The summed E-state index contributed by atoms with van der Waals surface area (Å²) in [5.41, 5.74) is 1.49. The first kappa shape index (κ1) is 12.8. The highest BCUT2D eigenvalue weighted by molar-refractivity contribution is 14.1. The van der Waals surface area contributed by atoms with Crippen molar-refractivity contribution in [1.29, 1.82) is 0 Å². The van der Waals surface area contributed by atoms with Gasteiger partial charge in [0.05, 0.1) is 34.0 Å². The minimum absolute atomic E-state index is 0.280. The first-order chi connectivity index (χ1) is 7.63. The molecule has 0 saturated heterocycles. The number of benzene rings is 1.